The van der Waals surface area contributed by atoms with E-state index in [0.717, 1.165) is 19.4 Å². The Morgan fingerprint density at radius 1 is 0.857 bits per heavy atom. The maximum absolute atomic E-state index is 5.55. The zero-order valence-corrected chi connectivity index (χ0v) is 14.5. The maximum Gasteiger partial charge on any atom is 0.0721 e. The standard InChI is InChI=1S/C19H33ClO/c1-2-3-4-5-6-7-8-9-10-12-15-18-21-19-16-13-11-14-17-20/h10-12,16H,2-9,14-15,17-19H2,1H3/b12-10-. The van der Waals surface area contributed by atoms with E-state index in [1.165, 1.54) is 51.4 Å². The molecule has 0 aliphatic heterocycles. The number of alkyl halides is 1. The molecule has 0 unspecified atom stereocenters. The summed E-state index contributed by atoms with van der Waals surface area (Å²) < 4.78 is 5.47. The van der Waals surface area contributed by atoms with Crippen molar-refractivity contribution in [3.05, 3.63) is 30.0 Å². The number of allylic oxidation sites excluding steroid dienone is 1. The van der Waals surface area contributed by atoms with Gasteiger partial charge in [-0.15, -0.1) is 17.3 Å². The van der Waals surface area contributed by atoms with E-state index in [9.17, 15) is 0 Å². The molecule has 0 rings (SSSR count). The predicted molar refractivity (Wildman–Crippen MR) is 95.2 cm³/mol. The van der Waals surface area contributed by atoms with Crippen LogP contribution in [-0.2, 0) is 4.74 Å². The van der Waals surface area contributed by atoms with Crippen molar-refractivity contribution in [2.24, 2.45) is 0 Å². The van der Waals surface area contributed by atoms with Gasteiger partial charge in [0.2, 0.25) is 0 Å². The van der Waals surface area contributed by atoms with Crippen molar-refractivity contribution in [1.29, 1.82) is 0 Å². The Hall–Kier alpha value is -0.490. The van der Waals surface area contributed by atoms with Crippen molar-refractivity contribution in [2.75, 3.05) is 19.1 Å². The lowest BCUT2D eigenvalue weighted by Gasteiger charge is -1.99. The van der Waals surface area contributed by atoms with E-state index in [2.05, 4.69) is 24.8 Å². The number of hydrogen-bond acceptors (Lipinski definition) is 1. The molecule has 0 aliphatic carbocycles. The van der Waals surface area contributed by atoms with Gasteiger partial charge in [0.1, 0.15) is 0 Å². The van der Waals surface area contributed by atoms with E-state index < -0.39 is 0 Å². The van der Waals surface area contributed by atoms with Gasteiger partial charge in [-0.25, -0.2) is 0 Å². The number of unbranched alkanes of at least 4 members (excludes halogenated alkanes) is 7. The summed E-state index contributed by atoms with van der Waals surface area (Å²) in [6.45, 7) is 3.70. The van der Waals surface area contributed by atoms with Crippen molar-refractivity contribution in [1.82, 2.24) is 0 Å². The van der Waals surface area contributed by atoms with Crippen molar-refractivity contribution < 1.29 is 4.74 Å². The molecular weight excluding hydrogens is 280 g/mol. The Balaban J connectivity index is 3.17. The first kappa shape index (κ1) is 20.5. The van der Waals surface area contributed by atoms with E-state index in [4.69, 9.17) is 16.3 Å². The molecule has 0 aromatic carbocycles. The van der Waals surface area contributed by atoms with E-state index in [1.807, 2.05) is 12.2 Å². The number of halogens is 1. The Bertz CT molecular complexity index is 277. The SMILES string of the molecule is CCCCCCCCC/C=C\CCOCC=C=CCCCl. The van der Waals surface area contributed by atoms with Crippen molar-refractivity contribution in [3.63, 3.8) is 0 Å². The highest BCUT2D eigenvalue weighted by Crippen LogP contribution is 2.08. The lowest BCUT2D eigenvalue weighted by Crippen LogP contribution is -1.91. The molecule has 21 heavy (non-hydrogen) atoms. The second-order valence-corrected chi connectivity index (χ2v) is 5.68. The van der Waals surface area contributed by atoms with Crippen molar-refractivity contribution >= 4 is 11.6 Å². The maximum atomic E-state index is 5.55. The average molecular weight is 313 g/mol. The molecule has 0 aromatic rings. The minimum Gasteiger partial charge on any atom is -0.376 e. The van der Waals surface area contributed by atoms with E-state index in [-0.39, 0.29) is 0 Å². The molecule has 0 saturated heterocycles. The van der Waals surface area contributed by atoms with Crippen LogP contribution in [0.5, 0.6) is 0 Å². The largest absolute Gasteiger partial charge is 0.376 e. The smallest absolute Gasteiger partial charge is 0.0721 e. The minimum atomic E-state index is 0.643. The normalized spacial score (nSPS) is 10.8. The molecular formula is C19H33ClO. The molecule has 0 amide bonds. The van der Waals surface area contributed by atoms with Crippen molar-refractivity contribution in [2.45, 2.75) is 71.1 Å². The van der Waals surface area contributed by atoms with Crippen LogP contribution in [0.1, 0.15) is 71.1 Å². The van der Waals surface area contributed by atoms with Gasteiger partial charge in [-0.3, -0.25) is 0 Å². The zero-order valence-electron chi connectivity index (χ0n) is 13.8. The van der Waals surface area contributed by atoms with Gasteiger partial charge in [0.25, 0.3) is 0 Å². The van der Waals surface area contributed by atoms with E-state index >= 15 is 0 Å². The Kier molecular flexibility index (Phi) is 19.1. The van der Waals surface area contributed by atoms with Gasteiger partial charge in [0, 0.05) is 5.88 Å². The molecule has 1 nitrogen and oxygen atoms in total. The molecule has 0 N–H and O–H groups in total. The highest BCUT2D eigenvalue weighted by atomic mass is 35.5. The van der Waals surface area contributed by atoms with Gasteiger partial charge in [-0.2, -0.15) is 0 Å². The third kappa shape index (κ3) is 19.5. The summed E-state index contributed by atoms with van der Waals surface area (Å²) in [6, 6.07) is 0. The predicted octanol–water partition coefficient (Wildman–Crippen LogP) is 6.43. The van der Waals surface area contributed by atoms with Crippen LogP contribution in [0, 0.1) is 0 Å². The van der Waals surface area contributed by atoms with Gasteiger partial charge >= 0.3 is 0 Å². The summed E-state index contributed by atoms with van der Waals surface area (Å²) in [5.41, 5.74) is 3.05. The van der Waals surface area contributed by atoms with E-state index in [0.29, 0.717) is 12.5 Å². The second-order valence-electron chi connectivity index (χ2n) is 5.30. The summed E-state index contributed by atoms with van der Waals surface area (Å²) >= 11 is 5.55. The molecule has 0 fully saturated rings. The van der Waals surface area contributed by atoms with Crippen LogP contribution in [0.3, 0.4) is 0 Å². The molecule has 2 heteroatoms. The van der Waals surface area contributed by atoms with Crippen LogP contribution in [0.4, 0.5) is 0 Å². The molecule has 0 atom stereocenters. The monoisotopic (exact) mass is 312 g/mol. The highest BCUT2D eigenvalue weighted by molar-refractivity contribution is 6.17. The van der Waals surface area contributed by atoms with Crippen LogP contribution in [0.2, 0.25) is 0 Å². The number of hydrogen-bond donors (Lipinski definition) is 0. The van der Waals surface area contributed by atoms with Gasteiger partial charge in [-0.1, -0.05) is 57.6 Å². The summed E-state index contributed by atoms with van der Waals surface area (Å²) in [4.78, 5) is 0. The molecule has 0 aromatic heterocycles. The molecule has 0 saturated carbocycles. The summed E-state index contributed by atoms with van der Waals surface area (Å²) in [7, 11) is 0. The number of rotatable bonds is 15. The first-order chi connectivity index (χ1) is 10.4. The Labute approximate surface area is 137 Å². The molecule has 0 aliphatic rings. The molecule has 0 bridgehead atoms. The topological polar surface area (TPSA) is 9.23 Å². The first-order valence-corrected chi connectivity index (χ1v) is 9.13. The van der Waals surface area contributed by atoms with Gasteiger partial charge < -0.3 is 4.74 Å². The fraction of sp³-hybridized carbons (Fsp3) is 0.737. The number of ether oxygens (including phenoxy) is 1. The molecule has 122 valence electrons. The second kappa shape index (κ2) is 19.5. The van der Waals surface area contributed by atoms with Gasteiger partial charge in [0.05, 0.1) is 13.2 Å². The first-order valence-electron chi connectivity index (χ1n) is 8.60. The summed E-state index contributed by atoms with van der Waals surface area (Å²) in [5, 5.41) is 0. The van der Waals surface area contributed by atoms with Crippen LogP contribution < -0.4 is 0 Å². The molecule has 0 radical (unpaired) electrons. The van der Waals surface area contributed by atoms with Gasteiger partial charge in [-0.05, 0) is 37.8 Å². The summed E-state index contributed by atoms with van der Waals surface area (Å²) in [6.07, 6.45) is 21.2. The van der Waals surface area contributed by atoms with Gasteiger partial charge in [0.15, 0.2) is 0 Å². The summed E-state index contributed by atoms with van der Waals surface area (Å²) in [5.74, 6) is 0.658. The average Bonchev–Trinajstić information content (AvgIpc) is 2.50. The third-order valence-electron chi connectivity index (χ3n) is 3.26. The Morgan fingerprint density at radius 3 is 2.33 bits per heavy atom. The fourth-order valence-corrected chi connectivity index (χ4v) is 2.13. The lowest BCUT2D eigenvalue weighted by atomic mass is 10.1. The quantitative estimate of drug-likeness (QED) is 0.146. The zero-order chi connectivity index (χ0) is 15.4. The molecule has 0 spiro atoms. The minimum absolute atomic E-state index is 0.643. The molecule has 0 heterocycles. The Morgan fingerprint density at radius 2 is 1.57 bits per heavy atom. The van der Waals surface area contributed by atoms with Crippen molar-refractivity contribution in [3.8, 4) is 0 Å². The highest BCUT2D eigenvalue weighted by Gasteiger charge is 1.89. The van der Waals surface area contributed by atoms with Crippen LogP contribution >= 0.6 is 11.6 Å². The van der Waals surface area contributed by atoms with Crippen LogP contribution in [0.15, 0.2) is 30.0 Å². The lowest BCUT2D eigenvalue weighted by molar-refractivity contribution is 0.167. The fourth-order valence-electron chi connectivity index (χ4n) is 2.02. The van der Waals surface area contributed by atoms with Crippen LogP contribution in [-0.4, -0.2) is 19.1 Å². The van der Waals surface area contributed by atoms with Crippen LogP contribution in [0.25, 0.3) is 0 Å². The van der Waals surface area contributed by atoms with E-state index in [1.54, 1.807) is 0 Å². The third-order valence-corrected chi connectivity index (χ3v) is 3.48.